The number of hydrogen-bond donors (Lipinski definition) is 3. The van der Waals surface area contributed by atoms with Gasteiger partial charge in [0.2, 0.25) is 17.7 Å². The van der Waals surface area contributed by atoms with E-state index in [1.165, 1.54) is 0 Å². The van der Waals surface area contributed by atoms with Gasteiger partial charge < -0.3 is 20.6 Å². The number of nitrogens with zero attached hydrogens (tertiary/aromatic N) is 4. The largest absolute Gasteiger partial charge is 0.396 e. The number of aromatic nitrogens is 3. The maximum atomic E-state index is 13.9. The number of thioether (sulfide) groups is 1. The highest BCUT2D eigenvalue weighted by atomic mass is 32.2. The van der Waals surface area contributed by atoms with Crippen molar-refractivity contribution >= 4 is 40.5 Å². The molecule has 194 valence electrons. The molecule has 36 heavy (non-hydrogen) atoms. The first-order chi connectivity index (χ1) is 17.4. The minimum atomic E-state index is -0.651. The Labute approximate surface area is 214 Å². The SMILES string of the molecule is CNC(=O)[C@@H]1[C@@H]2CC(C)C3(S2)C(C(=O)NCn2nnc4ccccc42)N(CCCCCCO)C(=O)[C@H]13. The topological polar surface area (TPSA) is 129 Å². The first kappa shape index (κ1) is 25.0. The van der Waals surface area contributed by atoms with E-state index in [2.05, 4.69) is 27.9 Å². The van der Waals surface area contributed by atoms with E-state index in [-0.39, 0.29) is 42.2 Å². The zero-order chi connectivity index (χ0) is 25.4. The Morgan fingerprint density at radius 2 is 1.97 bits per heavy atom. The minimum absolute atomic E-state index is 0.0372. The standard InChI is InChI=1S/C25H34N6O4S/c1-15-13-18-19(22(33)26-2)20-24(35)30(11-7-3-4-8-12-32)21(25(15,20)36-18)23(34)27-14-31-17-10-6-5-9-16(17)28-29-31/h5-6,9-10,15,18-21,32H,3-4,7-8,11-14H2,1-2H3,(H,26,33)(H,27,34)/t15?,18-,19+,20-,21?,25?/m0/s1. The Balaban J connectivity index is 1.41. The maximum Gasteiger partial charge on any atom is 0.245 e. The third-order valence-electron chi connectivity index (χ3n) is 8.17. The Bertz CT molecular complexity index is 1160. The minimum Gasteiger partial charge on any atom is -0.396 e. The lowest BCUT2D eigenvalue weighted by atomic mass is 9.66. The molecule has 1 aromatic heterocycles. The summed E-state index contributed by atoms with van der Waals surface area (Å²) >= 11 is 1.67. The van der Waals surface area contributed by atoms with Crippen LogP contribution in [0.25, 0.3) is 11.0 Å². The summed E-state index contributed by atoms with van der Waals surface area (Å²) in [5.74, 6) is -1.20. The molecule has 11 heteroatoms. The molecule has 10 nitrogen and oxygen atoms in total. The Hall–Kier alpha value is -2.66. The molecule has 2 bridgehead atoms. The first-order valence-corrected chi connectivity index (χ1v) is 13.7. The Kier molecular flexibility index (Phi) is 6.95. The third-order valence-corrected chi connectivity index (χ3v) is 10.2. The number of para-hydroxylation sites is 1. The van der Waals surface area contributed by atoms with Crippen molar-refractivity contribution in [1.82, 2.24) is 30.5 Å². The number of carbonyl (C=O) groups excluding carboxylic acids is 3. The van der Waals surface area contributed by atoms with E-state index in [4.69, 9.17) is 5.11 Å². The van der Waals surface area contributed by atoms with Gasteiger partial charge in [-0.3, -0.25) is 14.4 Å². The van der Waals surface area contributed by atoms with Crippen molar-refractivity contribution in [3.05, 3.63) is 24.3 Å². The summed E-state index contributed by atoms with van der Waals surface area (Å²) in [5.41, 5.74) is 1.57. The van der Waals surface area contributed by atoms with Gasteiger partial charge in [0.15, 0.2) is 0 Å². The average Bonchev–Trinajstić information content (AvgIpc) is 3.59. The van der Waals surface area contributed by atoms with Gasteiger partial charge >= 0.3 is 0 Å². The van der Waals surface area contributed by atoms with Gasteiger partial charge in [-0.15, -0.1) is 16.9 Å². The molecule has 6 atom stereocenters. The molecule has 1 aromatic carbocycles. The van der Waals surface area contributed by atoms with Gasteiger partial charge in [0.05, 0.1) is 22.1 Å². The quantitative estimate of drug-likeness (QED) is 0.406. The van der Waals surface area contributed by atoms with Gasteiger partial charge in [0.1, 0.15) is 18.2 Å². The maximum absolute atomic E-state index is 13.9. The fourth-order valence-electron chi connectivity index (χ4n) is 6.56. The van der Waals surface area contributed by atoms with Crippen molar-refractivity contribution in [2.45, 2.75) is 61.7 Å². The van der Waals surface area contributed by atoms with Crippen LogP contribution in [-0.4, -0.2) is 79.0 Å². The number of rotatable bonds is 10. The van der Waals surface area contributed by atoms with Crippen LogP contribution in [-0.2, 0) is 21.1 Å². The van der Waals surface area contributed by atoms with Crippen LogP contribution in [0.2, 0.25) is 0 Å². The number of nitrogens with one attached hydrogen (secondary N) is 2. The van der Waals surface area contributed by atoms with Crippen molar-refractivity contribution in [3.8, 4) is 0 Å². The number of fused-ring (bicyclic) bond motifs is 2. The second-order valence-electron chi connectivity index (χ2n) is 10.1. The van der Waals surface area contributed by atoms with Crippen LogP contribution in [0.4, 0.5) is 0 Å². The number of benzene rings is 1. The zero-order valence-corrected chi connectivity index (χ0v) is 21.5. The Morgan fingerprint density at radius 3 is 2.75 bits per heavy atom. The molecule has 3 saturated heterocycles. The summed E-state index contributed by atoms with van der Waals surface area (Å²) in [4.78, 5) is 42.4. The number of aliphatic hydroxyl groups is 1. The van der Waals surface area contributed by atoms with Crippen LogP contribution in [0.3, 0.4) is 0 Å². The Morgan fingerprint density at radius 1 is 1.19 bits per heavy atom. The van der Waals surface area contributed by atoms with E-state index in [0.29, 0.717) is 6.54 Å². The molecule has 3 aliphatic rings. The van der Waals surface area contributed by atoms with Crippen LogP contribution < -0.4 is 10.6 Å². The molecule has 1 spiro atoms. The van der Waals surface area contributed by atoms with Crippen molar-refractivity contribution in [3.63, 3.8) is 0 Å². The van der Waals surface area contributed by atoms with Crippen molar-refractivity contribution < 1.29 is 19.5 Å². The molecule has 4 heterocycles. The predicted octanol–water partition coefficient (Wildman–Crippen LogP) is 1.14. The van der Waals surface area contributed by atoms with E-state index in [1.807, 2.05) is 24.3 Å². The number of unbranched alkanes of at least 4 members (excludes halogenated alkanes) is 3. The van der Waals surface area contributed by atoms with Gasteiger partial charge in [-0.2, -0.15) is 0 Å². The summed E-state index contributed by atoms with van der Waals surface area (Å²) in [6.07, 6.45) is 4.03. The molecule has 3 amide bonds. The lowest BCUT2D eigenvalue weighted by Crippen LogP contribution is -2.56. The average molecular weight is 515 g/mol. The van der Waals surface area contributed by atoms with Crippen LogP contribution in [0, 0.1) is 17.8 Å². The highest BCUT2D eigenvalue weighted by Gasteiger charge is 2.75. The van der Waals surface area contributed by atoms with Crippen LogP contribution in [0.1, 0.15) is 39.0 Å². The molecule has 3 N–H and O–H groups in total. The molecule has 0 aliphatic carbocycles. The monoisotopic (exact) mass is 514 g/mol. The van der Waals surface area contributed by atoms with Gasteiger partial charge in [0, 0.05) is 25.4 Å². The van der Waals surface area contributed by atoms with Gasteiger partial charge in [-0.25, -0.2) is 4.68 Å². The fraction of sp³-hybridized carbons (Fsp3) is 0.640. The summed E-state index contributed by atoms with van der Waals surface area (Å²) in [6.45, 7) is 2.88. The van der Waals surface area contributed by atoms with Crippen molar-refractivity contribution in [2.75, 3.05) is 20.2 Å². The molecule has 3 unspecified atom stereocenters. The second kappa shape index (κ2) is 10.0. The van der Waals surface area contributed by atoms with Crippen molar-refractivity contribution in [1.29, 1.82) is 0 Å². The third kappa shape index (κ3) is 3.87. The first-order valence-electron chi connectivity index (χ1n) is 12.8. The molecule has 0 radical (unpaired) electrons. The highest BCUT2D eigenvalue weighted by Crippen LogP contribution is 2.68. The van der Waals surface area contributed by atoms with Crippen LogP contribution in [0.5, 0.6) is 0 Å². The predicted molar refractivity (Wildman–Crippen MR) is 136 cm³/mol. The lowest BCUT2D eigenvalue weighted by molar-refractivity contribution is -0.140. The summed E-state index contributed by atoms with van der Waals surface area (Å²) in [7, 11) is 1.61. The van der Waals surface area contributed by atoms with E-state index >= 15 is 0 Å². The zero-order valence-electron chi connectivity index (χ0n) is 20.7. The smallest absolute Gasteiger partial charge is 0.245 e. The van der Waals surface area contributed by atoms with E-state index < -0.39 is 22.6 Å². The number of hydrogen-bond acceptors (Lipinski definition) is 7. The molecule has 0 saturated carbocycles. The molecule has 3 fully saturated rings. The van der Waals surface area contributed by atoms with Crippen molar-refractivity contribution in [2.24, 2.45) is 17.8 Å². The number of aliphatic hydroxyl groups excluding tert-OH is 1. The fourth-order valence-corrected chi connectivity index (χ4v) is 8.98. The van der Waals surface area contributed by atoms with E-state index in [0.717, 1.165) is 43.1 Å². The van der Waals surface area contributed by atoms with Gasteiger partial charge in [-0.05, 0) is 37.3 Å². The van der Waals surface area contributed by atoms with E-state index in [1.54, 1.807) is 28.4 Å². The second-order valence-corrected chi connectivity index (χ2v) is 11.7. The molecular weight excluding hydrogens is 480 g/mol. The number of carbonyl (C=O) groups is 3. The summed E-state index contributed by atoms with van der Waals surface area (Å²) < 4.78 is 1.02. The van der Waals surface area contributed by atoms with Gasteiger partial charge in [0.25, 0.3) is 0 Å². The lowest BCUT2D eigenvalue weighted by Gasteiger charge is -2.38. The number of amides is 3. The van der Waals surface area contributed by atoms with Crippen LogP contribution in [0.15, 0.2) is 24.3 Å². The van der Waals surface area contributed by atoms with E-state index in [9.17, 15) is 14.4 Å². The summed E-state index contributed by atoms with van der Waals surface area (Å²) in [6, 6.07) is 6.91. The van der Waals surface area contributed by atoms with Gasteiger partial charge in [-0.1, -0.05) is 37.1 Å². The highest BCUT2D eigenvalue weighted by molar-refractivity contribution is 8.02. The molecule has 5 rings (SSSR count). The number of likely N-dealkylation sites (tertiary alicyclic amines) is 1. The molecule has 2 aromatic rings. The molecular formula is C25H34N6O4S. The molecule has 3 aliphatic heterocycles. The normalized spacial score (nSPS) is 30.7. The summed E-state index contributed by atoms with van der Waals surface area (Å²) in [5, 5.41) is 23.2. The van der Waals surface area contributed by atoms with Crippen LogP contribution >= 0.6 is 11.8 Å².